The molecule has 3 aliphatic heterocycles. The summed E-state index contributed by atoms with van der Waals surface area (Å²) in [4.78, 5) is 12.7. The summed E-state index contributed by atoms with van der Waals surface area (Å²) < 4.78 is 17.0. The van der Waals surface area contributed by atoms with Crippen LogP contribution >= 0.6 is 23.5 Å². The Bertz CT molecular complexity index is 650. The molecule has 1 aromatic rings. The van der Waals surface area contributed by atoms with Gasteiger partial charge in [-0.2, -0.15) is 0 Å². The molecular formula is C19H25NO4S2. The monoisotopic (exact) mass is 395 g/mol. The Morgan fingerprint density at radius 1 is 1.23 bits per heavy atom. The lowest BCUT2D eigenvalue weighted by Crippen LogP contribution is -2.34. The lowest BCUT2D eigenvalue weighted by atomic mass is 9.83. The maximum Gasteiger partial charge on any atom is 0.311 e. The highest BCUT2D eigenvalue weighted by molar-refractivity contribution is 8.20. The molecule has 3 atom stereocenters. The van der Waals surface area contributed by atoms with E-state index in [-0.39, 0.29) is 30.6 Å². The van der Waals surface area contributed by atoms with Crippen LogP contribution in [0.5, 0.6) is 11.5 Å². The summed E-state index contributed by atoms with van der Waals surface area (Å²) in [5.41, 5.74) is 1.12. The Morgan fingerprint density at radius 2 is 2.04 bits per heavy atom. The van der Waals surface area contributed by atoms with Gasteiger partial charge < -0.3 is 19.5 Å². The number of thioether (sulfide) groups is 2. The minimum absolute atomic E-state index is 0.0862. The Morgan fingerprint density at radius 3 is 2.85 bits per heavy atom. The average Bonchev–Trinajstić information content (AvgIpc) is 3.38. The number of esters is 1. The summed E-state index contributed by atoms with van der Waals surface area (Å²) in [7, 11) is 0. The van der Waals surface area contributed by atoms with Crippen molar-refractivity contribution in [3.05, 3.63) is 23.8 Å². The van der Waals surface area contributed by atoms with Gasteiger partial charge in [0.05, 0.1) is 17.1 Å². The minimum atomic E-state index is -0.147. The van der Waals surface area contributed by atoms with E-state index in [1.54, 1.807) is 0 Å². The molecular weight excluding hydrogens is 370 g/mol. The molecule has 26 heavy (non-hydrogen) atoms. The van der Waals surface area contributed by atoms with E-state index in [4.69, 9.17) is 14.2 Å². The van der Waals surface area contributed by atoms with Gasteiger partial charge >= 0.3 is 5.97 Å². The van der Waals surface area contributed by atoms with E-state index < -0.39 is 0 Å². The quantitative estimate of drug-likeness (QED) is 0.742. The third-order valence-electron chi connectivity index (χ3n) is 5.25. The molecule has 0 radical (unpaired) electrons. The Labute approximate surface area is 162 Å². The number of hydrogen-bond donors (Lipinski definition) is 1. The van der Waals surface area contributed by atoms with Crippen LogP contribution in [0.1, 0.15) is 31.2 Å². The lowest BCUT2D eigenvalue weighted by molar-refractivity contribution is -0.148. The summed E-state index contributed by atoms with van der Waals surface area (Å²) in [6.07, 6.45) is 2.14. The van der Waals surface area contributed by atoms with E-state index in [9.17, 15) is 4.79 Å². The first kappa shape index (κ1) is 18.3. The fourth-order valence-electron chi connectivity index (χ4n) is 4.02. The van der Waals surface area contributed by atoms with Crippen molar-refractivity contribution in [3.8, 4) is 11.5 Å². The molecule has 1 aromatic carbocycles. The van der Waals surface area contributed by atoms with E-state index in [2.05, 4.69) is 11.4 Å². The molecule has 7 heteroatoms. The molecule has 5 nitrogen and oxygen atoms in total. The van der Waals surface area contributed by atoms with Gasteiger partial charge in [-0.05, 0) is 37.5 Å². The second-order valence-electron chi connectivity index (χ2n) is 6.76. The first-order chi connectivity index (χ1) is 12.8. The lowest BCUT2D eigenvalue weighted by Gasteiger charge is -2.23. The zero-order chi connectivity index (χ0) is 17.9. The molecule has 4 rings (SSSR count). The molecule has 0 amide bonds. The first-order valence-electron chi connectivity index (χ1n) is 9.29. The molecule has 3 aliphatic rings. The fourth-order valence-corrected chi connectivity index (χ4v) is 6.88. The van der Waals surface area contributed by atoms with E-state index >= 15 is 0 Å². The van der Waals surface area contributed by atoms with Crippen molar-refractivity contribution in [2.75, 3.05) is 31.5 Å². The molecule has 0 spiro atoms. The van der Waals surface area contributed by atoms with Crippen LogP contribution in [0.3, 0.4) is 0 Å². The number of carbonyl (C=O) groups is 1. The third kappa shape index (κ3) is 3.80. The van der Waals surface area contributed by atoms with Crippen LogP contribution in [0.4, 0.5) is 0 Å². The molecule has 0 unspecified atom stereocenters. The van der Waals surface area contributed by atoms with E-state index in [1.807, 2.05) is 42.6 Å². The molecule has 2 fully saturated rings. The minimum Gasteiger partial charge on any atom is -0.466 e. The van der Waals surface area contributed by atoms with Crippen molar-refractivity contribution in [1.29, 1.82) is 0 Å². The van der Waals surface area contributed by atoms with Gasteiger partial charge in [0.1, 0.15) is 0 Å². The highest BCUT2D eigenvalue weighted by Crippen LogP contribution is 2.41. The summed E-state index contributed by atoms with van der Waals surface area (Å²) in [6, 6.07) is 6.19. The topological polar surface area (TPSA) is 56.8 Å². The molecule has 3 heterocycles. The summed E-state index contributed by atoms with van der Waals surface area (Å²) in [6.45, 7) is 3.35. The summed E-state index contributed by atoms with van der Waals surface area (Å²) >= 11 is 4.09. The Hall–Kier alpha value is -1.05. The van der Waals surface area contributed by atoms with Gasteiger partial charge in [0.25, 0.3) is 0 Å². The van der Waals surface area contributed by atoms with Gasteiger partial charge in [-0.25, -0.2) is 0 Å². The number of nitrogens with one attached hydrogen (secondary N) is 1. The second-order valence-corrected chi connectivity index (χ2v) is 9.68. The molecule has 2 saturated heterocycles. The van der Waals surface area contributed by atoms with Crippen molar-refractivity contribution in [2.45, 2.75) is 36.3 Å². The highest BCUT2D eigenvalue weighted by atomic mass is 32.2. The molecule has 0 bridgehead atoms. The number of hydrogen-bond acceptors (Lipinski definition) is 7. The molecule has 0 aromatic heterocycles. The van der Waals surface area contributed by atoms with Crippen LogP contribution < -0.4 is 14.8 Å². The van der Waals surface area contributed by atoms with E-state index in [0.717, 1.165) is 36.4 Å². The van der Waals surface area contributed by atoms with Crippen molar-refractivity contribution < 1.29 is 19.0 Å². The predicted octanol–water partition coefficient (Wildman–Crippen LogP) is 3.24. The van der Waals surface area contributed by atoms with E-state index in [0.29, 0.717) is 11.2 Å². The van der Waals surface area contributed by atoms with Gasteiger partial charge in [0.15, 0.2) is 11.5 Å². The van der Waals surface area contributed by atoms with Crippen LogP contribution in [0, 0.1) is 5.92 Å². The van der Waals surface area contributed by atoms with Crippen molar-refractivity contribution in [3.63, 3.8) is 0 Å². The highest BCUT2D eigenvalue weighted by Gasteiger charge is 2.43. The smallest absolute Gasteiger partial charge is 0.311 e. The van der Waals surface area contributed by atoms with Gasteiger partial charge in [-0.3, -0.25) is 4.79 Å². The first-order valence-corrected chi connectivity index (χ1v) is 11.4. The fraction of sp³-hybridized carbons (Fsp3) is 0.632. The van der Waals surface area contributed by atoms with Crippen LogP contribution in [-0.4, -0.2) is 48.0 Å². The predicted molar refractivity (Wildman–Crippen MR) is 105 cm³/mol. The Kier molecular flexibility index (Phi) is 5.86. The number of benzene rings is 1. The van der Waals surface area contributed by atoms with E-state index in [1.165, 1.54) is 11.5 Å². The zero-order valence-electron chi connectivity index (χ0n) is 14.9. The van der Waals surface area contributed by atoms with Crippen LogP contribution in [-0.2, 0) is 9.53 Å². The summed E-state index contributed by atoms with van der Waals surface area (Å²) in [5, 5.41) is 3.59. The standard InChI is InChI=1S/C19H25NO4S2/c1-2-22-19(21)18-13(12-3-5-15-16(9-12)24-11-23-15)10-20-14(18)4-6-17-25-7-8-26-17/h3,5,9,13-14,17-18,20H,2,4,6-8,10-11H2,1H3/t13-,14+,18-/m1/s1. The summed E-state index contributed by atoms with van der Waals surface area (Å²) in [5.74, 6) is 3.91. The van der Waals surface area contributed by atoms with Crippen molar-refractivity contribution in [1.82, 2.24) is 5.32 Å². The maximum absolute atomic E-state index is 12.7. The molecule has 1 N–H and O–H groups in total. The molecule has 0 aliphatic carbocycles. The van der Waals surface area contributed by atoms with Gasteiger partial charge in [0, 0.05) is 30.0 Å². The number of rotatable bonds is 6. The Balaban J connectivity index is 1.50. The van der Waals surface area contributed by atoms with Gasteiger partial charge in [-0.15, -0.1) is 23.5 Å². The van der Waals surface area contributed by atoms with Gasteiger partial charge in [-0.1, -0.05) is 6.07 Å². The maximum atomic E-state index is 12.7. The molecule has 0 saturated carbocycles. The zero-order valence-corrected chi connectivity index (χ0v) is 16.6. The largest absolute Gasteiger partial charge is 0.466 e. The second kappa shape index (κ2) is 8.31. The van der Waals surface area contributed by atoms with Crippen LogP contribution in [0.25, 0.3) is 0 Å². The average molecular weight is 396 g/mol. The van der Waals surface area contributed by atoms with Crippen molar-refractivity contribution in [2.24, 2.45) is 5.92 Å². The number of carbonyl (C=O) groups excluding carboxylic acids is 1. The molecule has 142 valence electrons. The number of fused-ring (bicyclic) bond motifs is 1. The van der Waals surface area contributed by atoms with Crippen LogP contribution in [0.15, 0.2) is 18.2 Å². The SMILES string of the molecule is CCOC(=O)[C@H]1[C@H](CCC2SCCS2)NC[C@@H]1c1ccc2c(c1)OCO2. The normalized spacial score (nSPS) is 27.8. The van der Waals surface area contributed by atoms with Crippen molar-refractivity contribution >= 4 is 29.5 Å². The van der Waals surface area contributed by atoms with Gasteiger partial charge in [0.2, 0.25) is 6.79 Å². The number of ether oxygens (including phenoxy) is 3. The third-order valence-corrected chi connectivity index (χ3v) is 8.42. The van der Waals surface area contributed by atoms with Crippen LogP contribution in [0.2, 0.25) is 0 Å².